The van der Waals surface area contributed by atoms with Crippen LogP contribution in [-0.2, 0) is 42.9 Å². The van der Waals surface area contributed by atoms with Crippen LogP contribution < -0.4 is 0 Å². The Labute approximate surface area is 221 Å². The van der Waals surface area contributed by atoms with Gasteiger partial charge in [-0.15, -0.1) is 0 Å². The van der Waals surface area contributed by atoms with Crippen LogP contribution in [0.5, 0.6) is 0 Å². The minimum atomic E-state index is -1.26. The third kappa shape index (κ3) is 9.53. The van der Waals surface area contributed by atoms with E-state index in [1.54, 1.807) is 88.4 Å². The lowest BCUT2D eigenvalue weighted by molar-refractivity contribution is -0.159. The first kappa shape index (κ1) is 31.6. The molecule has 204 valence electrons. The van der Waals surface area contributed by atoms with E-state index in [-0.39, 0.29) is 32.0 Å². The number of ether oxygens (including phenoxy) is 4. The van der Waals surface area contributed by atoms with Crippen molar-refractivity contribution in [1.82, 2.24) is 0 Å². The number of hydrogen-bond acceptors (Lipinski definition) is 10. The molecule has 0 radical (unpaired) electrons. The lowest BCUT2D eigenvalue weighted by Gasteiger charge is -2.13. The lowest BCUT2D eigenvalue weighted by Crippen LogP contribution is -2.31. The van der Waals surface area contributed by atoms with Gasteiger partial charge in [0.15, 0.2) is 5.92 Å². The first-order valence-electron chi connectivity index (χ1n) is 12.0. The van der Waals surface area contributed by atoms with Crippen molar-refractivity contribution in [1.29, 1.82) is 0 Å². The highest BCUT2D eigenvalue weighted by atomic mass is 16.6. The molecule has 1 N–H and O–H groups in total. The minimum absolute atomic E-state index is 0.0783. The number of esters is 4. The molecular formula is C28H32O10. The van der Waals surface area contributed by atoms with Gasteiger partial charge in [-0.2, -0.15) is 0 Å². The Morgan fingerprint density at radius 2 is 1.08 bits per heavy atom. The lowest BCUT2D eigenvalue weighted by atomic mass is 9.95. The molecule has 1 atom stereocenters. The second-order valence-corrected chi connectivity index (χ2v) is 7.21. The molecule has 0 saturated carbocycles. The van der Waals surface area contributed by atoms with Crippen molar-refractivity contribution >= 4 is 35.2 Å². The van der Waals surface area contributed by atoms with Crippen molar-refractivity contribution in [2.75, 3.05) is 26.4 Å². The van der Waals surface area contributed by atoms with Gasteiger partial charge < -0.3 is 24.1 Å². The number of rotatable bonds is 11. The molecule has 0 aliphatic heterocycles. The Morgan fingerprint density at radius 3 is 1.58 bits per heavy atom. The predicted molar refractivity (Wildman–Crippen MR) is 137 cm³/mol. The molecule has 0 saturated heterocycles. The van der Waals surface area contributed by atoms with Gasteiger partial charge in [0.05, 0.1) is 26.4 Å². The van der Waals surface area contributed by atoms with Gasteiger partial charge in [-0.1, -0.05) is 60.7 Å². The molecule has 0 fully saturated rings. The zero-order chi connectivity index (χ0) is 28.5. The first-order valence-corrected chi connectivity index (χ1v) is 12.0. The Bertz CT molecular complexity index is 1110. The topological polar surface area (TPSA) is 142 Å². The molecule has 0 spiro atoms. The number of ketones is 1. The van der Waals surface area contributed by atoms with Gasteiger partial charge in [-0.3, -0.25) is 9.59 Å². The van der Waals surface area contributed by atoms with Crippen LogP contribution in [0.1, 0.15) is 44.7 Å². The molecule has 38 heavy (non-hydrogen) atoms. The van der Waals surface area contributed by atoms with Crippen molar-refractivity contribution in [2.45, 2.75) is 33.6 Å². The van der Waals surface area contributed by atoms with Gasteiger partial charge in [-0.05, 0) is 38.8 Å². The molecular weight excluding hydrogens is 496 g/mol. The van der Waals surface area contributed by atoms with Crippen molar-refractivity contribution in [3.63, 3.8) is 0 Å². The molecule has 0 heterocycles. The summed E-state index contributed by atoms with van der Waals surface area (Å²) in [5.41, 5.74) is 0.617. The summed E-state index contributed by atoms with van der Waals surface area (Å²) in [6, 6.07) is 16.6. The second-order valence-electron chi connectivity index (χ2n) is 7.21. The van der Waals surface area contributed by atoms with E-state index < -0.39 is 41.3 Å². The number of aliphatic hydroxyl groups is 1. The average Bonchev–Trinajstić information content (AvgIpc) is 2.91. The van der Waals surface area contributed by atoms with E-state index in [1.165, 1.54) is 0 Å². The minimum Gasteiger partial charge on any atom is -0.501 e. The summed E-state index contributed by atoms with van der Waals surface area (Å²) in [4.78, 5) is 58.7. The van der Waals surface area contributed by atoms with Crippen LogP contribution in [0.4, 0.5) is 0 Å². The number of Topliss-reactive ketones (excluding diaryl/α,β-unsaturated/α-hetero) is 1. The maximum atomic E-state index is 12.0. The number of hydrogen-bond donors (Lipinski definition) is 1. The van der Waals surface area contributed by atoms with Crippen molar-refractivity contribution < 1.29 is 48.0 Å². The summed E-state index contributed by atoms with van der Waals surface area (Å²) >= 11 is 0. The summed E-state index contributed by atoms with van der Waals surface area (Å²) < 4.78 is 19.0. The van der Waals surface area contributed by atoms with E-state index in [0.29, 0.717) is 11.1 Å². The molecule has 2 rings (SSSR count). The van der Waals surface area contributed by atoms with E-state index in [1.807, 2.05) is 0 Å². The zero-order valence-corrected chi connectivity index (χ0v) is 21.8. The number of benzene rings is 2. The van der Waals surface area contributed by atoms with E-state index in [4.69, 9.17) is 9.47 Å². The van der Waals surface area contributed by atoms with Crippen LogP contribution in [0.25, 0.3) is 5.57 Å². The van der Waals surface area contributed by atoms with Gasteiger partial charge in [-0.25, -0.2) is 14.4 Å². The Hall–Kier alpha value is -4.47. The Balaban J connectivity index is 0.000000380. The maximum Gasteiger partial charge on any atom is 0.375 e. The molecule has 1 unspecified atom stereocenters. The molecule has 0 bridgehead atoms. The highest BCUT2D eigenvalue weighted by Gasteiger charge is 2.35. The van der Waals surface area contributed by atoms with Crippen molar-refractivity contribution in [3.8, 4) is 0 Å². The van der Waals surface area contributed by atoms with Crippen molar-refractivity contribution in [3.05, 3.63) is 77.5 Å². The molecule has 0 aromatic heterocycles. The standard InChI is InChI=1S/2C14H16O5/c2*1-3-18-13(16)11(10-8-6-5-7-9-10)12(15)14(17)19-4-2/h5-9,15H,3-4H2,1-2H3;5-9,11H,3-4H2,1-2H3/b12-11-;. The van der Waals surface area contributed by atoms with Crippen LogP contribution in [-0.4, -0.2) is 61.2 Å². The zero-order valence-electron chi connectivity index (χ0n) is 21.8. The normalized spacial score (nSPS) is 11.5. The van der Waals surface area contributed by atoms with E-state index in [0.717, 1.165) is 0 Å². The van der Waals surface area contributed by atoms with Crippen LogP contribution in [0, 0.1) is 0 Å². The molecule has 2 aromatic carbocycles. The van der Waals surface area contributed by atoms with Crippen LogP contribution in [0.3, 0.4) is 0 Å². The number of carbonyl (C=O) groups is 5. The fourth-order valence-electron chi connectivity index (χ4n) is 3.05. The summed E-state index contributed by atoms with van der Waals surface area (Å²) in [6.45, 7) is 6.94. The van der Waals surface area contributed by atoms with E-state index in [9.17, 15) is 29.1 Å². The van der Waals surface area contributed by atoms with Gasteiger partial charge in [0.25, 0.3) is 5.78 Å². The maximum absolute atomic E-state index is 12.0. The summed E-state index contributed by atoms with van der Waals surface area (Å²) in [5, 5.41) is 9.86. The average molecular weight is 529 g/mol. The van der Waals surface area contributed by atoms with Gasteiger partial charge in [0.1, 0.15) is 5.57 Å². The first-order chi connectivity index (χ1) is 18.2. The van der Waals surface area contributed by atoms with E-state index >= 15 is 0 Å². The fraction of sp³-hybridized carbons (Fsp3) is 0.321. The second kappa shape index (κ2) is 17.1. The SMILES string of the molecule is CCOC(=O)/C(O)=C(/C(=O)OCC)c1ccccc1.CCOC(=O)C(=O)C(C(=O)OCC)c1ccccc1. The molecule has 10 heteroatoms. The van der Waals surface area contributed by atoms with Gasteiger partial charge in [0.2, 0.25) is 5.76 Å². The molecule has 2 aromatic rings. The largest absolute Gasteiger partial charge is 0.501 e. The molecule has 0 aliphatic carbocycles. The third-order valence-corrected chi connectivity index (χ3v) is 4.64. The number of aliphatic hydroxyl groups excluding tert-OH is 1. The fourth-order valence-corrected chi connectivity index (χ4v) is 3.05. The summed E-state index contributed by atoms with van der Waals surface area (Å²) in [5.74, 6) is -6.40. The third-order valence-electron chi connectivity index (χ3n) is 4.64. The molecule has 10 nitrogen and oxygen atoms in total. The summed E-state index contributed by atoms with van der Waals surface area (Å²) in [6.07, 6.45) is 0. The highest BCUT2D eigenvalue weighted by Crippen LogP contribution is 2.21. The highest BCUT2D eigenvalue weighted by molar-refractivity contribution is 6.39. The summed E-state index contributed by atoms with van der Waals surface area (Å²) in [7, 11) is 0. The van der Waals surface area contributed by atoms with Gasteiger partial charge in [0, 0.05) is 0 Å². The monoisotopic (exact) mass is 528 g/mol. The Morgan fingerprint density at radius 1 is 0.632 bits per heavy atom. The quantitative estimate of drug-likeness (QED) is 0.115. The molecule has 0 aliphatic rings. The Kier molecular flexibility index (Phi) is 14.2. The smallest absolute Gasteiger partial charge is 0.375 e. The predicted octanol–water partition coefficient (Wildman–Crippen LogP) is 3.55. The van der Waals surface area contributed by atoms with Gasteiger partial charge >= 0.3 is 23.9 Å². The van der Waals surface area contributed by atoms with E-state index in [2.05, 4.69) is 9.47 Å². The van der Waals surface area contributed by atoms with Crippen LogP contribution >= 0.6 is 0 Å². The molecule has 0 amide bonds. The number of carbonyl (C=O) groups excluding carboxylic acids is 5. The van der Waals surface area contributed by atoms with Crippen LogP contribution in [0.2, 0.25) is 0 Å². The van der Waals surface area contributed by atoms with Crippen molar-refractivity contribution in [2.24, 2.45) is 0 Å². The van der Waals surface area contributed by atoms with Crippen LogP contribution in [0.15, 0.2) is 66.4 Å².